The molecular weight excluding hydrogens is 345 g/mol. The normalized spacial score (nSPS) is 12.0. The molecule has 0 aliphatic rings. The van der Waals surface area contributed by atoms with E-state index in [0.29, 0.717) is 21.8 Å². The molecular formula is C18H15ClFN3O2. The second-order valence-corrected chi connectivity index (χ2v) is 5.86. The molecule has 1 heterocycles. The highest BCUT2D eigenvalue weighted by atomic mass is 35.5. The first-order valence-electron chi connectivity index (χ1n) is 7.55. The molecule has 0 aliphatic carbocycles. The Morgan fingerprint density at radius 2 is 1.88 bits per heavy atom. The van der Waals surface area contributed by atoms with Gasteiger partial charge in [0.1, 0.15) is 5.82 Å². The molecule has 0 fully saturated rings. The predicted octanol–water partition coefficient (Wildman–Crippen LogP) is 3.33. The van der Waals surface area contributed by atoms with Crippen LogP contribution in [0, 0.1) is 5.82 Å². The average Bonchev–Trinajstić information content (AvgIpc) is 3.11. The van der Waals surface area contributed by atoms with Crippen LogP contribution in [0.2, 0.25) is 5.02 Å². The minimum atomic E-state index is -0.583. The van der Waals surface area contributed by atoms with Crippen LogP contribution < -0.4 is 5.32 Å². The van der Waals surface area contributed by atoms with E-state index in [1.54, 1.807) is 36.4 Å². The predicted molar refractivity (Wildman–Crippen MR) is 92.7 cm³/mol. The third kappa shape index (κ3) is 3.87. The maximum atomic E-state index is 13.1. The third-order valence-corrected chi connectivity index (χ3v) is 4.03. The largest absolute Gasteiger partial charge is 0.394 e. The van der Waals surface area contributed by atoms with Crippen molar-refractivity contribution in [1.29, 1.82) is 0 Å². The van der Waals surface area contributed by atoms with Gasteiger partial charge in [0.15, 0.2) is 0 Å². The number of aliphatic hydroxyl groups excluding tert-OH is 1. The van der Waals surface area contributed by atoms with Crippen LogP contribution in [0.1, 0.15) is 22.0 Å². The van der Waals surface area contributed by atoms with Crippen LogP contribution in [-0.4, -0.2) is 27.8 Å². The Balaban J connectivity index is 1.82. The molecule has 0 spiro atoms. The molecule has 1 aromatic heterocycles. The monoisotopic (exact) mass is 359 g/mol. The lowest BCUT2D eigenvalue weighted by atomic mass is 10.1. The summed E-state index contributed by atoms with van der Waals surface area (Å²) >= 11 is 5.86. The van der Waals surface area contributed by atoms with Crippen molar-refractivity contribution in [3.63, 3.8) is 0 Å². The Morgan fingerprint density at radius 3 is 2.52 bits per heavy atom. The standard InChI is InChI=1S/C18H15ClFN3O2/c19-13-5-1-11(2-6-13)16(10-24)22-18(25)15-9-21-23-17(15)12-3-7-14(20)8-4-12/h1-9,16,24H,10H2,(H,21,23)(H,22,25)/t16-/m1/s1. The van der Waals surface area contributed by atoms with E-state index in [4.69, 9.17) is 11.6 Å². The fourth-order valence-electron chi connectivity index (χ4n) is 2.46. The molecule has 3 rings (SSSR count). The van der Waals surface area contributed by atoms with Crippen LogP contribution in [0.15, 0.2) is 54.7 Å². The Bertz CT molecular complexity index is 863. The molecule has 128 valence electrons. The Hall–Kier alpha value is -2.70. The molecule has 2 aromatic carbocycles. The highest BCUT2D eigenvalue weighted by Gasteiger charge is 2.19. The van der Waals surface area contributed by atoms with Crippen LogP contribution in [-0.2, 0) is 0 Å². The van der Waals surface area contributed by atoms with Crippen LogP contribution in [0.5, 0.6) is 0 Å². The number of H-pyrrole nitrogens is 1. The second-order valence-electron chi connectivity index (χ2n) is 5.43. The smallest absolute Gasteiger partial charge is 0.255 e. The Morgan fingerprint density at radius 1 is 1.20 bits per heavy atom. The fourth-order valence-corrected chi connectivity index (χ4v) is 2.59. The maximum Gasteiger partial charge on any atom is 0.255 e. The summed E-state index contributed by atoms with van der Waals surface area (Å²) in [6, 6.07) is 12.0. The fraction of sp³-hybridized carbons (Fsp3) is 0.111. The highest BCUT2D eigenvalue weighted by Crippen LogP contribution is 2.23. The molecule has 0 saturated heterocycles. The van der Waals surface area contributed by atoms with Crippen molar-refractivity contribution >= 4 is 17.5 Å². The molecule has 1 amide bonds. The quantitative estimate of drug-likeness (QED) is 0.654. The van der Waals surface area contributed by atoms with Gasteiger partial charge in [0.25, 0.3) is 5.91 Å². The minimum absolute atomic E-state index is 0.267. The zero-order valence-electron chi connectivity index (χ0n) is 13.0. The van der Waals surface area contributed by atoms with E-state index in [1.165, 1.54) is 18.3 Å². The molecule has 5 nitrogen and oxygen atoms in total. The first-order chi connectivity index (χ1) is 12.1. The van der Waals surface area contributed by atoms with Crippen LogP contribution in [0.3, 0.4) is 0 Å². The number of aromatic amines is 1. The van der Waals surface area contributed by atoms with Crippen molar-refractivity contribution in [2.24, 2.45) is 0 Å². The summed E-state index contributed by atoms with van der Waals surface area (Å²) in [6.07, 6.45) is 1.39. The van der Waals surface area contributed by atoms with Gasteiger partial charge in [-0.3, -0.25) is 9.89 Å². The number of carbonyl (C=O) groups excluding carboxylic acids is 1. The number of nitrogens with one attached hydrogen (secondary N) is 2. The van der Waals surface area contributed by atoms with Crippen LogP contribution in [0.4, 0.5) is 4.39 Å². The number of amides is 1. The van der Waals surface area contributed by atoms with Crippen molar-refractivity contribution in [3.05, 3.63) is 76.7 Å². The van der Waals surface area contributed by atoms with E-state index >= 15 is 0 Å². The summed E-state index contributed by atoms with van der Waals surface area (Å²) in [5.74, 6) is -0.764. The number of hydrogen-bond donors (Lipinski definition) is 3. The first-order valence-corrected chi connectivity index (χ1v) is 7.93. The molecule has 3 aromatic rings. The van der Waals surface area contributed by atoms with Gasteiger partial charge in [-0.25, -0.2) is 4.39 Å². The number of rotatable bonds is 5. The number of nitrogens with zero attached hydrogens (tertiary/aromatic N) is 1. The van der Waals surface area contributed by atoms with Crippen molar-refractivity contribution in [3.8, 4) is 11.3 Å². The van der Waals surface area contributed by atoms with E-state index in [2.05, 4.69) is 15.5 Å². The summed E-state index contributed by atoms with van der Waals surface area (Å²) in [4.78, 5) is 12.6. The van der Waals surface area contributed by atoms with Crippen molar-refractivity contribution in [2.75, 3.05) is 6.61 Å². The van der Waals surface area contributed by atoms with Crippen LogP contribution >= 0.6 is 11.6 Å². The minimum Gasteiger partial charge on any atom is -0.394 e. The van der Waals surface area contributed by atoms with E-state index in [9.17, 15) is 14.3 Å². The lowest BCUT2D eigenvalue weighted by Gasteiger charge is -2.17. The SMILES string of the molecule is O=C(N[C@H](CO)c1ccc(Cl)cc1)c1cn[nH]c1-c1ccc(F)cc1. The maximum absolute atomic E-state index is 13.1. The Labute approximate surface area is 148 Å². The molecule has 0 radical (unpaired) electrons. The zero-order valence-corrected chi connectivity index (χ0v) is 13.8. The van der Waals surface area contributed by atoms with Crippen molar-refractivity contribution in [1.82, 2.24) is 15.5 Å². The molecule has 1 atom stereocenters. The molecule has 0 saturated carbocycles. The zero-order chi connectivity index (χ0) is 17.8. The lowest BCUT2D eigenvalue weighted by molar-refractivity contribution is 0.0917. The van der Waals surface area contributed by atoms with Gasteiger partial charge in [-0.15, -0.1) is 0 Å². The number of carbonyl (C=O) groups is 1. The van der Waals surface area contributed by atoms with Gasteiger partial charge in [0.2, 0.25) is 0 Å². The third-order valence-electron chi connectivity index (χ3n) is 3.78. The molecule has 25 heavy (non-hydrogen) atoms. The number of hydrogen-bond acceptors (Lipinski definition) is 3. The number of aliphatic hydroxyl groups is 1. The molecule has 0 bridgehead atoms. The van der Waals surface area contributed by atoms with Crippen molar-refractivity contribution in [2.45, 2.75) is 6.04 Å². The topological polar surface area (TPSA) is 78.0 Å². The second kappa shape index (κ2) is 7.46. The van der Waals surface area contributed by atoms with E-state index in [0.717, 1.165) is 5.56 Å². The van der Waals surface area contributed by atoms with Crippen LogP contribution in [0.25, 0.3) is 11.3 Å². The van der Waals surface area contributed by atoms with E-state index in [-0.39, 0.29) is 12.4 Å². The molecule has 7 heteroatoms. The van der Waals surface area contributed by atoms with Gasteiger partial charge in [-0.05, 0) is 42.0 Å². The summed E-state index contributed by atoms with van der Waals surface area (Å²) < 4.78 is 13.1. The average molecular weight is 360 g/mol. The van der Waals surface area contributed by atoms with E-state index in [1.807, 2.05) is 0 Å². The first kappa shape index (κ1) is 17.1. The van der Waals surface area contributed by atoms with Gasteiger partial charge in [-0.1, -0.05) is 23.7 Å². The van der Waals surface area contributed by atoms with Gasteiger partial charge >= 0.3 is 0 Å². The molecule has 0 unspecified atom stereocenters. The summed E-state index contributed by atoms with van der Waals surface area (Å²) in [6.45, 7) is -0.267. The summed E-state index contributed by atoms with van der Waals surface area (Å²) in [5, 5.41) is 19.6. The van der Waals surface area contributed by atoms with Crippen molar-refractivity contribution < 1.29 is 14.3 Å². The summed E-state index contributed by atoms with van der Waals surface area (Å²) in [7, 11) is 0. The lowest BCUT2D eigenvalue weighted by Crippen LogP contribution is -2.30. The Kier molecular flexibility index (Phi) is 5.11. The van der Waals surface area contributed by atoms with E-state index < -0.39 is 11.9 Å². The molecule has 0 aliphatic heterocycles. The highest BCUT2D eigenvalue weighted by molar-refractivity contribution is 6.30. The number of aromatic nitrogens is 2. The van der Waals surface area contributed by atoms with Gasteiger partial charge in [-0.2, -0.15) is 5.10 Å². The van der Waals surface area contributed by atoms with Gasteiger partial charge < -0.3 is 10.4 Å². The number of halogens is 2. The van der Waals surface area contributed by atoms with Gasteiger partial charge in [0.05, 0.1) is 30.1 Å². The number of benzene rings is 2. The summed E-state index contributed by atoms with van der Waals surface area (Å²) in [5.41, 5.74) is 2.15. The molecule has 3 N–H and O–H groups in total. The van der Waals surface area contributed by atoms with Gasteiger partial charge in [0, 0.05) is 10.6 Å².